The van der Waals surface area contributed by atoms with E-state index in [4.69, 9.17) is 4.98 Å². The minimum atomic E-state index is -0.156. The van der Waals surface area contributed by atoms with E-state index in [0.29, 0.717) is 24.1 Å². The molecule has 5 rings (SSSR count). The molecule has 1 aliphatic carbocycles. The summed E-state index contributed by atoms with van der Waals surface area (Å²) in [5, 5.41) is 27.4. The first-order valence-electron chi connectivity index (χ1n) is 23.2. The van der Waals surface area contributed by atoms with Crippen molar-refractivity contribution in [1.82, 2.24) is 25.6 Å². The van der Waals surface area contributed by atoms with Gasteiger partial charge in [-0.2, -0.15) is 4.98 Å². The number of hydrogen-bond donors (Lipinski definition) is 5. The van der Waals surface area contributed by atoms with Crippen molar-refractivity contribution in [3.63, 3.8) is 0 Å². The van der Waals surface area contributed by atoms with Gasteiger partial charge in [0, 0.05) is 106 Å². The van der Waals surface area contributed by atoms with Crippen LogP contribution in [0.2, 0.25) is 0 Å². The van der Waals surface area contributed by atoms with Gasteiger partial charge in [0.2, 0.25) is 11.9 Å². The topological polar surface area (TPSA) is 138 Å². The lowest BCUT2D eigenvalue weighted by Gasteiger charge is -2.41. The van der Waals surface area contributed by atoms with Crippen molar-refractivity contribution in [2.75, 3.05) is 60.9 Å². The maximum atomic E-state index is 13.5. The number of allylic oxidation sites excluding steroid dienone is 2. The molecule has 2 aliphatic rings. The van der Waals surface area contributed by atoms with Gasteiger partial charge in [-0.1, -0.05) is 70.9 Å². The molecule has 5 N–H and O–H groups in total. The van der Waals surface area contributed by atoms with E-state index in [-0.39, 0.29) is 42.7 Å². The number of hydrazine groups is 1. The molecule has 2 aromatic carbocycles. The number of fused-ring (bicyclic) bond motifs is 1. The first kappa shape index (κ1) is 50.0. The van der Waals surface area contributed by atoms with Gasteiger partial charge in [0.25, 0.3) is 0 Å². The van der Waals surface area contributed by atoms with Gasteiger partial charge >= 0.3 is 0 Å². The molecule has 0 radical (unpaired) electrons. The fourth-order valence-electron chi connectivity index (χ4n) is 8.70. The van der Waals surface area contributed by atoms with E-state index in [0.717, 1.165) is 117 Å². The van der Waals surface area contributed by atoms with E-state index in [2.05, 4.69) is 83.1 Å². The summed E-state index contributed by atoms with van der Waals surface area (Å²) in [5.41, 5.74) is 5.82. The lowest BCUT2D eigenvalue weighted by atomic mass is 9.85. The third-order valence-corrected chi connectivity index (χ3v) is 12.1. The predicted molar refractivity (Wildman–Crippen MR) is 262 cm³/mol. The Morgan fingerprint density at radius 3 is 2.48 bits per heavy atom. The number of aliphatic hydroxyl groups is 1. The maximum Gasteiger partial charge on any atom is 0.238 e. The predicted octanol–water partition coefficient (Wildman–Crippen LogP) is 9.78. The van der Waals surface area contributed by atoms with Gasteiger partial charge in [-0.15, -0.1) is 13.2 Å². The molecule has 0 spiro atoms. The summed E-state index contributed by atoms with van der Waals surface area (Å²) in [7, 11) is 3.98. The largest absolute Gasteiger partial charge is 0.396 e. The minimum Gasteiger partial charge on any atom is -0.396 e. The molecule has 12 nitrogen and oxygen atoms in total. The number of Topliss-reactive ketones (excluding diaryl/α,β-unsaturated/α-hetero) is 1. The molecule has 1 aromatic heterocycles. The van der Waals surface area contributed by atoms with Crippen LogP contribution < -0.4 is 31.2 Å². The zero-order valence-corrected chi connectivity index (χ0v) is 39.0. The van der Waals surface area contributed by atoms with E-state index in [1.807, 2.05) is 57.3 Å². The average Bonchev–Trinajstić information content (AvgIpc) is 3.79. The summed E-state index contributed by atoms with van der Waals surface area (Å²) < 4.78 is 0. The highest BCUT2D eigenvalue weighted by molar-refractivity contribution is 5.99. The van der Waals surface area contributed by atoms with Gasteiger partial charge < -0.3 is 31.3 Å². The van der Waals surface area contributed by atoms with Crippen molar-refractivity contribution in [2.45, 2.75) is 104 Å². The Balaban J connectivity index is 0.00000429. The van der Waals surface area contributed by atoms with Crippen LogP contribution in [0.5, 0.6) is 0 Å². The molecule has 1 saturated carbocycles. The third-order valence-electron chi connectivity index (χ3n) is 12.1. The van der Waals surface area contributed by atoms with Crippen molar-refractivity contribution < 1.29 is 14.7 Å². The Morgan fingerprint density at radius 2 is 1.79 bits per heavy atom. The second kappa shape index (κ2) is 26.1. The molecule has 2 heterocycles. The highest BCUT2D eigenvalue weighted by atomic mass is 16.3. The standard InChI is InChI=1S/C49H69N9O3.C2H6/c1-8-11-18-37(35(4)50-6)32-46(61)43-20-17-21-44(41(43)10-3)51-28-14-12-13-15-31-56(7)40-25-23-39(24-26-40)53-49-52-29-27-47(55-49)58(57(30-9-2)36(5)60)48-33-38(34-59)42-19-16-22-45(42)54-48;1-2/h8-9,17,20-21,23-27,29,33,37-38,42,45,50-51,54,59H,1-2,4,10-16,18-19,22,28,30-32,34H2,3,5-7H3,(H,52,53,55);1-2H3/t37?,38-,42?,45?;/m1./s1. The molecular weight excluding hydrogens is 787 g/mol. The summed E-state index contributed by atoms with van der Waals surface area (Å²) in [5.74, 6) is 2.10. The molecule has 1 fully saturated rings. The van der Waals surface area contributed by atoms with Crippen LogP contribution in [-0.2, 0) is 11.2 Å². The minimum absolute atomic E-state index is 0.00682. The number of amides is 1. The Labute approximate surface area is 378 Å². The Hall–Kier alpha value is -5.62. The highest BCUT2D eigenvalue weighted by Crippen LogP contribution is 2.38. The summed E-state index contributed by atoms with van der Waals surface area (Å²) in [6, 6.07) is 16.3. The number of unbranched alkanes of at least 4 members (excludes halogenated alkanes) is 3. The van der Waals surface area contributed by atoms with Gasteiger partial charge in [0.15, 0.2) is 11.6 Å². The number of ketones is 1. The number of rotatable bonds is 26. The summed E-state index contributed by atoms with van der Waals surface area (Å²) in [4.78, 5) is 38.1. The molecular formula is C51H75N9O3. The van der Waals surface area contributed by atoms with Crippen LogP contribution in [0.4, 0.5) is 28.8 Å². The van der Waals surface area contributed by atoms with Gasteiger partial charge in [-0.3, -0.25) is 9.59 Å². The van der Waals surface area contributed by atoms with Crippen molar-refractivity contribution in [3.8, 4) is 0 Å². The number of hydrogen-bond acceptors (Lipinski definition) is 11. The third kappa shape index (κ3) is 13.9. The van der Waals surface area contributed by atoms with Crippen molar-refractivity contribution in [3.05, 3.63) is 115 Å². The SMILES string of the molecule is C=CCCC(CC(=O)c1cccc(NCCCCCCN(C)c2ccc(Nc3nccc(N(C4=C[C@H](CO)C5CCCC5N4)N(CC=C)C(C)=O)n3)cc2)c1CC)C(=C)NC.CC. The van der Waals surface area contributed by atoms with E-state index < -0.39 is 0 Å². The molecule has 3 unspecified atom stereocenters. The number of nitrogens with one attached hydrogen (secondary N) is 4. The summed E-state index contributed by atoms with van der Waals surface area (Å²) in [6.45, 7) is 21.7. The molecule has 0 saturated heterocycles. The zero-order valence-electron chi connectivity index (χ0n) is 39.0. The van der Waals surface area contributed by atoms with E-state index in [1.165, 1.54) is 6.92 Å². The lowest BCUT2D eigenvalue weighted by molar-refractivity contribution is -0.128. The molecule has 0 bridgehead atoms. The summed E-state index contributed by atoms with van der Waals surface area (Å²) >= 11 is 0. The molecule has 1 amide bonds. The monoisotopic (exact) mass is 862 g/mol. The number of benzene rings is 2. The first-order chi connectivity index (χ1) is 30.6. The van der Waals surface area contributed by atoms with Gasteiger partial charge in [-0.25, -0.2) is 15.0 Å². The van der Waals surface area contributed by atoms with E-state index in [1.54, 1.807) is 28.4 Å². The van der Waals surface area contributed by atoms with Crippen LogP contribution in [0.25, 0.3) is 0 Å². The molecule has 3 aromatic rings. The van der Waals surface area contributed by atoms with Crippen LogP contribution >= 0.6 is 0 Å². The normalized spacial score (nSPS) is 16.7. The van der Waals surface area contributed by atoms with Gasteiger partial charge in [0.05, 0.1) is 6.54 Å². The summed E-state index contributed by atoms with van der Waals surface area (Å²) in [6.07, 6.45) is 17.8. The zero-order chi connectivity index (χ0) is 45.7. The van der Waals surface area contributed by atoms with Crippen molar-refractivity contribution in [2.24, 2.45) is 17.8 Å². The first-order valence-corrected chi connectivity index (χ1v) is 23.2. The van der Waals surface area contributed by atoms with Crippen molar-refractivity contribution >= 4 is 40.5 Å². The molecule has 4 atom stereocenters. The quantitative estimate of drug-likeness (QED) is 0.0228. The average molecular weight is 862 g/mol. The van der Waals surface area contributed by atoms with Gasteiger partial charge in [-0.05, 0) is 92.8 Å². The van der Waals surface area contributed by atoms with Crippen molar-refractivity contribution in [1.29, 1.82) is 0 Å². The van der Waals surface area contributed by atoms with E-state index in [9.17, 15) is 14.7 Å². The number of carbonyl (C=O) groups is 2. The van der Waals surface area contributed by atoms with Crippen LogP contribution in [-0.4, -0.2) is 78.2 Å². The van der Waals surface area contributed by atoms with Crippen LogP contribution in [0.3, 0.4) is 0 Å². The highest BCUT2D eigenvalue weighted by Gasteiger charge is 2.39. The van der Waals surface area contributed by atoms with Crippen LogP contribution in [0.1, 0.15) is 108 Å². The number of aliphatic hydroxyl groups excluding tert-OH is 1. The fourth-order valence-corrected chi connectivity index (χ4v) is 8.70. The number of carbonyl (C=O) groups excluding carboxylic acids is 2. The Morgan fingerprint density at radius 1 is 1.03 bits per heavy atom. The Bertz CT molecular complexity index is 1970. The Kier molecular flexibility index (Phi) is 20.7. The number of nitrogens with zero attached hydrogens (tertiary/aromatic N) is 5. The smallest absolute Gasteiger partial charge is 0.238 e. The molecule has 12 heteroatoms. The second-order valence-corrected chi connectivity index (χ2v) is 16.3. The number of aromatic nitrogens is 2. The molecule has 63 heavy (non-hydrogen) atoms. The molecule has 342 valence electrons. The lowest BCUT2D eigenvalue weighted by Crippen LogP contribution is -2.53. The fraction of sp³-hybridized carbons (Fsp3) is 0.490. The van der Waals surface area contributed by atoms with Gasteiger partial charge in [0.1, 0.15) is 5.82 Å². The van der Waals surface area contributed by atoms with Crippen LogP contribution in [0.15, 0.2) is 104 Å². The number of anilines is 5. The second-order valence-electron chi connectivity index (χ2n) is 16.3. The van der Waals surface area contributed by atoms with E-state index >= 15 is 0 Å². The molecule has 1 aliphatic heterocycles. The maximum absolute atomic E-state index is 13.5. The van der Waals surface area contributed by atoms with Crippen LogP contribution in [0, 0.1) is 17.8 Å².